The first kappa shape index (κ1) is 15.7. The normalized spacial score (nSPS) is 23.7. The molecule has 0 amide bonds. The molecular weight excluding hydrogens is 244 g/mol. The molecule has 2 unspecified atom stereocenters. The number of hydrogen-bond donors (Lipinski definition) is 1. The molecule has 1 saturated carbocycles. The molecule has 0 saturated heterocycles. The van der Waals surface area contributed by atoms with E-state index in [4.69, 9.17) is 17.0 Å². The van der Waals surface area contributed by atoms with Crippen molar-refractivity contribution in [3.8, 4) is 0 Å². The first-order valence-electron chi connectivity index (χ1n) is 7.23. The second kappa shape index (κ2) is 8.70. The summed E-state index contributed by atoms with van der Waals surface area (Å²) in [7, 11) is 2.13. The van der Waals surface area contributed by atoms with Crippen molar-refractivity contribution in [2.45, 2.75) is 52.0 Å². The maximum atomic E-state index is 5.45. The molecule has 18 heavy (non-hydrogen) atoms. The molecule has 0 heterocycles. The molecule has 1 aliphatic rings. The van der Waals surface area contributed by atoms with Gasteiger partial charge >= 0.3 is 0 Å². The van der Waals surface area contributed by atoms with E-state index in [-0.39, 0.29) is 0 Å². The SMILES string of the molecule is CCOCCCNC(=S)N(C)C1CCCC(C)C1. The maximum Gasteiger partial charge on any atom is 0.168 e. The van der Waals surface area contributed by atoms with Gasteiger partial charge in [-0.1, -0.05) is 19.8 Å². The Labute approximate surface area is 117 Å². The summed E-state index contributed by atoms with van der Waals surface area (Å²) in [6, 6.07) is 0.626. The molecule has 1 rings (SSSR count). The van der Waals surface area contributed by atoms with Crippen LogP contribution in [-0.4, -0.2) is 42.9 Å². The number of ether oxygens (including phenoxy) is 1. The molecule has 0 aromatic rings. The predicted octanol–water partition coefficient (Wildman–Crippen LogP) is 2.80. The van der Waals surface area contributed by atoms with E-state index in [1.807, 2.05) is 6.92 Å². The summed E-state index contributed by atoms with van der Waals surface area (Å²) in [6.45, 7) is 6.89. The lowest BCUT2D eigenvalue weighted by atomic mass is 9.86. The van der Waals surface area contributed by atoms with Gasteiger partial charge in [0, 0.05) is 32.8 Å². The van der Waals surface area contributed by atoms with Crippen LogP contribution in [0.4, 0.5) is 0 Å². The summed E-state index contributed by atoms with van der Waals surface area (Å²) in [5.41, 5.74) is 0. The zero-order chi connectivity index (χ0) is 13.4. The molecule has 0 aromatic carbocycles. The Hall–Kier alpha value is -0.350. The summed E-state index contributed by atoms with van der Waals surface area (Å²) < 4.78 is 5.31. The van der Waals surface area contributed by atoms with Crippen molar-refractivity contribution in [1.82, 2.24) is 10.2 Å². The lowest BCUT2D eigenvalue weighted by molar-refractivity contribution is 0.145. The average molecular weight is 272 g/mol. The van der Waals surface area contributed by atoms with Gasteiger partial charge in [-0.2, -0.15) is 0 Å². The molecule has 1 fully saturated rings. The number of nitrogens with zero attached hydrogens (tertiary/aromatic N) is 1. The Bertz CT molecular complexity index is 248. The molecule has 1 aliphatic carbocycles. The zero-order valence-electron chi connectivity index (χ0n) is 12.1. The number of rotatable bonds is 6. The van der Waals surface area contributed by atoms with Crippen LogP contribution in [0.5, 0.6) is 0 Å². The van der Waals surface area contributed by atoms with Gasteiger partial charge in [0.05, 0.1) is 0 Å². The fourth-order valence-corrected chi connectivity index (χ4v) is 2.81. The van der Waals surface area contributed by atoms with Crippen molar-refractivity contribution in [3.63, 3.8) is 0 Å². The molecule has 1 N–H and O–H groups in total. The smallest absolute Gasteiger partial charge is 0.168 e. The summed E-state index contributed by atoms with van der Waals surface area (Å²) >= 11 is 5.45. The van der Waals surface area contributed by atoms with Gasteiger partial charge in [0.15, 0.2) is 5.11 Å². The van der Waals surface area contributed by atoms with E-state index in [1.54, 1.807) is 0 Å². The van der Waals surface area contributed by atoms with E-state index in [1.165, 1.54) is 25.7 Å². The third-order valence-corrected chi connectivity index (χ3v) is 4.15. The highest BCUT2D eigenvalue weighted by Crippen LogP contribution is 2.26. The highest BCUT2D eigenvalue weighted by Gasteiger charge is 2.23. The molecule has 0 spiro atoms. The summed E-state index contributed by atoms with van der Waals surface area (Å²) in [5.74, 6) is 0.840. The number of thiocarbonyl (C=S) groups is 1. The van der Waals surface area contributed by atoms with Crippen LogP contribution in [0.15, 0.2) is 0 Å². The molecule has 0 aliphatic heterocycles. The van der Waals surface area contributed by atoms with Gasteiger partial charge in [-0.15, -0.1) is 0 Å². The minimum Gasteiger partial charge on any atom is -0.382 e. The van der Waals surface area contributed by atoms with Crippen molar-refractivity contribution < 1.29 is 4.74 Å². The van der Waals surface area contributed by atoms with Gasteiger partial charge in [0.25, 0.3) is 0 Å². The molecular formula is C14H28N2OS. The second-order valence-corrected chi connectivity index (χ2v) is 5.71. The molecule has 0 aromatic heterocycles. The predicted molar refractivity (Wildman–Crippen MR) is 80.9 cm³/mol. The van der Waals surface area contributed by atoms with E-state index in [0.717, 1.165) is 37.2 Å². The quantitative estimate of drug-likeness (QED) is 0.593. The van der Waals surface area contributed by atoms with Gasteiger partial charge in [0.1, 0.15) is 0 Å². The van der Waals surface area contributed by atoms with E-state index in [0.29, 0.717) is 6.04 Å². The molecule has 0 radical (unpaired) electrons. The van der Waals surface area contributed by atoms with Crippen LogP contribution in [0.3, 0.4) is 0 Å². The maximum absolute atomic E-state index is 5.45. The van der Waals surface area contributed by atoms with Crippen molar-refractivity contribution in [1.29, 1.82) is 0 Å². The highest BCUT2D eigenvalue weighted by molar-refractivity contribution is 7.80. The van der Waals surface area contributed by atoms with Crippen LogP contribution in [0.1, 0.15) is 46.0 Å². The molecule has 106 valence electrons. The van der Waals surface area contributed by atoms with Crippen LogP contribution < -0.4 is 5.32 Å². The second-order valence-electron chi connectivity index (χ2n) is 5.32. The zero-order valence-corrected chi connectivity index (χ0v) is 12.9. The molecule has 4 heteroatoms. The Kier molecular flexibility index (Phi) is 7.59. The minimum absolute atomic E-state index is 0.626. The molecule has 0 bridgehead atoms. The van der Waals surface area contributed by atoms with Gasteiger partial charge in [-0.05, 0) is 44.3 Å². The van der Waals surface area contributed by atoms with Gasteiger partial charge < -0.3 is 15.0 Å². The highest BCUT2D eigenvalue weighted by atomic mass is 32.1. The van der Waals surface area contributed by atoms with Gasteiger partial charge in [-0.3, -0.25) is 0 Å². The Morgan fingerprint density at radius 2 is 2.22 bits per heavy atom. The molecule has 2 atom stereocenters. The van der Waals surface area contributed by atoms with Crippen molar-refractivity contribution in [2.24, 2.45) is 5.92 Å². The average Bonchev–Trinajstić information content (AvgIpc) is 2.37. The monoisotopic (exact) mass is 272 g/mol. The Morgan fingerprint density at radius 1 is 1.44 bits per heavy atom. The third kappa shape index (κ3) is 5.53. The van der Waals surface area contributed by atoms with Gasteiger partial charge in [-0.25, -0.2) is 0 Å². The summed E-state index contributed by atoms with van der Waals surface area (Å²) in [5, 5.41) is 4.22. The number of nitrogens with one attached hydrogen (secondary N) is 1. The Balaban J connectivity index is 2.19. The van der Waals surface area contributed by atoms with E-state index in [9.17, 15) is 0 Å². The van der Waals surface area contributed by atoms with Crippen LogP contribution in [0.25, 0.3) is 0 Å². The lowest BCUT2D eigenvalue weighted by Gasteiger charge is -2.35. The summed E-state index contributed by atoms with van der Waals surface area (Å²) in [6.07, 6.45) is 6.28. The third-order valence-electron chi connectivity index (χ3n) is 3.72. The van der Waals surface area contributed by atoms with E-state index < -0.39 is 0 Å². The Morgan fingerprint density at radius 3 is 2.89 bits per heavy atom. The van der Waals surface area contributed by atoms with Crippen LogP contribution >= 0.6 is 12.2 Å². The first-order chi connectivity index (χ1) is 8.65. The van der Waals surface area contributed by atoms with Crippen LogP contribution in [0.2, 0.25) is 0 Å². The molecule has 3 nitrogen and oxygen atoms in total. The lowest BCUT2D eigenvalue weighted by Crippen LogP contribution is -2.45. The fraction of sp³-hybridized carbons (Fsp3) is 0.929. The van der Waals surface area contributed by atoms with Crippen LogP contribution in [-0.2, 0) is 4.74 Å². The van der Waals surface area contributed by atoms with Crippen molar-refractivity contribution in [3.05, 3.63) is 0 Å². The summed E-state index contributed by atoms with van der Waals surface area (Å²) in [4.78, 5) is 2.26. The fourth-order valence-electron chi connectivity index (χ4n) is 2.56. The van der Waals surface area contributed by atoms with Crippen molar-refractivity contribution >= 4 is 17.3 Å². The number of hydrogen-bond acceptors (Lipinski definition) is 2. The largest absolute Gasteiger partial charge is 0.382 e. The van der Waals surface area contributed by atoms with E-state index >= 15 is 0 Å². The minimum atomic E-state index is 0.626. The van der Waals surface area contributed by atoms with Crippen molar-refractivity contribution in [2.75, 3.05) is 26.8 Å². The van der Waals surface area contributed by atoms with Crippen LogP contribution in [0, 0.1) is 5.92 Å². The first-order valence-corrected chi connectivity index (χ1v) is 7.64. The van der Waals surface area contributed by atoms with E-state index in [2.05, 4.69) is 24.2 Å². The standard InChI is InChI=1S/C14H28N2OS/c1-4-17-10-6-9-15-14(18)16(3)13-8-5-7-12(2)11-13/h12-13H,4-11H2,1-3H3,(H,15,18). The van der Waals surface area contributed by atoms with Gasteiger partial charge in [0.2, 0.25) is 0 Å². The topological polar surface area (TPSA) is 24.5 Å².